The van der Waals surface area contributed by atoms with Gasteiger partial charge in [-0.05, 0) is 73.4 Å². The molecule has 0 radical (unpaired) electrons. The molecule has 5 rings (SSSR count). The molecule has 188 valence electrons. The average Bonchev–Trinajstić information content (AvgIpc) is 2.91. The van der Waals surface area contributed by atoms with Gasteiger partial charge < -0.3 is 10.2 Å². The maximum atomic E-state index is 13.1. The Labute approximate surface area is 214 Å². The van der Waals surface area contributed by atoms with Crippen molar-refractivity contribution in [1.29, 1.82) is 0 Å². The Morgan fingerprint density at radius 1 is 0.972 bits per heavy atom. The first kappa shape index (κ1) is 24.4. The van der Waals surface area contributed by atoms with E-state index >= 15 is 0 Å². The summed E-state index contributed by atoms with van der Waals surface area (Å²) in [4.78, 5) is 27.0. The van der Waals surface area contributed by atoms with Crippen molar-refractivity contribution in [3.63, 3.8) is 0 Å². The Hall–Kier alpha value is -3.25. The highest BCUT2D eigenvalue weighted by Crippen LogP contribution is 2.26. The van der Waals surface area contributed by atoms with Crippen LogP contribution in [0.4, 0.5) is 5.82 Å². The predicted molar refractivity (Wildman–Crippen MR) is 145 cm³/mol. The van der Waals surface area contributed by atoms with Crippen LogP contribution in [0.3, 0.4) is 0 Å². The van der Waals surface area contributed by atoms with Gasteiger partial charge in [0.25, 0.3) is 5.91 Å². The lowest BCUT2D eigenvalue weighted by atomic mass is 9.96. The molecule has 0 bridgehead atoms. The number of aromatic nitrogens is 2. The molecule has 6 heteroatoms. The van der Waals surface area contributed by atoms with Crippen LogP contribution >= 0.6 is 0 Å². The normalized spacial score (nSPS) is 17.8. The molecule has 4 heterocycles. The molecule has 1 N–H and O–H groups in total. The molecule has 3 aromatic rings. The second kappa shape index (κ2) is 11.2. The minimum Gasteiger partial charge on any atom is -0.357 e. The van der Waals surface area contributed by atoms with Crippen molar-refractivity contribution in [1.82, 2.24) is 20.2 Å². The molecule has 0 atom stereocenters. The molecule has 1 amide bonds. The summed E-state index contributed by atoms with van der Waals surface area (Å²) in [5, 5.41) is 3.29. The number of rotatable bonds is 6. The zero-order valence-electron chi connectivity index (χ0n) is 21.5. The summed E-state index contributed by atoms with van der Waals surface area (Å²) in [7, 11) is 0. The molecule has 2 fully saturated rings. The number of piperidine rings is 2. The number of amides is 1. The Balaban J connectivity index is 1.12. The Morgan fingerprint density at radius 3 is 2.47 bits per heavy atom. The molecule has 2 aromatic heterocycles. The summed E-state index contributed by atoms with van der Waals surface area (Å²) in [6.07, 6.45) is 10.1. The van der Waals surface area contributed by atoms with Gasteiger partial charge in [-0.1, -0.05) is 31.2 Å². The summed E-state index contributed by atoms with van der Waals surface area (Å²) >= 11 is 0. The fraction of sp³-hybridized carbons (Fsp3) is 0.433. The predicted octanol–water partition coefficient (Wildman–Crippen LogP) is 5.08. The average molecular weight is 484 g/mol. The van der Waals surface area contributed by atoms with Crippen molar-refractivity contribution >= 4 is 11.7 Å². The van der Waals surface area contributed by atoms with E-state index < -0.39 is 0 Å². The van der Waals surface area contributed by atoms with E-state index in [1.54, 1.807) is 6.20 Å². The molecule has 0 spiro atoms. The first-order valence-corrected chi connectivity index (χ1v) is 13.3. The number of carbonyl (C=O) groups is 1. The van der Waals surface area contributed by atoms with E-state index in [-0.39, 0.29) is 11.9 Å². The van der Waals surface area contributed by atoms with Crippen LogP contribution in [-0.4, -0.2) is 53.0 Å². The maximum absolute atomic E-state index is 13.1. The maximum Gasteiger partial charge on any atom is 0.251 e. The second-order valence-electron chi connectivity index (χ2n) is 10.4. The number of nitrogens with one attached hydrogen (secondary N) is 1. The Kier molecular flexibility index (Phi) is 7.61. The quantitative estimate of drug-likeness (QED) is 0.530. The summed E-state index contributed by atoms with van der Waals surface area (Å²) in [5.74, 6) is 1.95. The monoisotopic (exact) mass is 483 g/mol. The molecular weight excluding hydrogens is 446 g/mol. The molecule has 1 aromatic carbocycles. The van der Waals surface area contributed by atoms with E-state index in [0.717, 1.165) is 79.6 Å². The lowest BCUT2D eigenvalue weighted by Crippen LogP contribution is -2.44. The molecule has 2 saturated heterocycles. The van der Waals surface area contributed by atoms with Crippen molar-refractivity contribution in [2.75, 3.05) is 31.1 Å². The van der Waals surface area contributed by atoms with Crippen LogP contribution < -0.4 is 10.2 Å². The first-order chi connectivity index (χ1) is 17.6. The number of nitrogens with zero attached hydrogens (tertiary/aromatic N) is 4. The van der Waals surface area contributed by atoms with Crippen molar-refractivity contribution in [3.05, 3.63) is 77.7 Å². The smallest absolute Gasteiger partial charge is 0.251 e. The highest BCUT2D eigenvalue weighted by Gasteiger charge is 2.23. The van der Waals surface area contributed by atoms with Crippen LogP contribution in [0.25, 0.3) is 11.1 Å². The van der Waals surface area contributed by atoms with E-state index in [1.165, 1.54) is 18.4 Å². The summed E-state index contributed by atoms with van der Waals surface area (Å²) in [6, 6.07) is 14.5. The zero-order valence-corrected chi connectivity index (χ0v) is 21.5. The number of anilines is 1. The molecule has 2 aliphatic rings. The van der Waals surface area contributed by atoms with Crippen LogP contribution in [0.15, 0.2) is 61.1 Å². The van der Waals surface area contributed by atoms with Gasteiger partial charge in [0, 0.05) is 68.5 Å². The summed E-state index contributed by atoms with van der Waals surface area (Å²) in [6.45, 7) is 9.45. The van der Waals surface area contributed by atoms with E-state index in [2.05, 4.69) is 45.2 Å². The third kappa shape index (κ3) is 5.76. The Morgan fingerprint density at radius 2 is 1.78 bits per heavy atom. The SMILES string of the molecule is Cc1c(C(=O)NC2CCN(Cc3ccc(N4CCC(C)CC4)nc3)CC2)cccc1-c1cccnc1. The number of pyridine rings is 2. The van der Waals surface area contributed by atoms with E-state index in [9.17, 15) is 4.79 Å². The molecule has 0 saturated carbocycles. The highest BCUT2D eigenvalue weighted by molar-refractivity contribution is 5.97. The molecule has 36 heavy (non-hydrogen) atoms. The molecule has 0 aliphatic carbocycles. The van der Waals surface area contributed by atoms with Crippen LogP contribution in [0, 0.1) is 12.8 Å². The third-order valence-corrected chi connectivity index (χ3v) is 7.80. The summed E-state index contributed by atoms with van der Waals surface area (Å²) in [5.41, 5.74) is 5.09. The van der Waals surface area contributed by atoms with Gasteiger partial charge in [-0.2, -0.15) is 0 Å². The minimum absolute atomic E-state index is 0.0172. The van der Waals surface area contributed by atoms with E-state index in [1.807, 2.05) is 43.6 Å². The standard InChI is InChI=1S/C30H37N5O/c1-22-10-17-35(18-11-22)29-9-8-24(19-32-29)21-34-15-12-26(13-16-34)33-30(36)28-7-3-6-27(23(28)2)25-5-4-14-31-20-25/h3-9,14,19-20,22,26H,10-13,15-18,21H2,1-2H3,(H,33,36). The number of hydrogen-bond acceptors (Lipinski definition) is 5. The lowest BCUT2D eigenvalue weighted by Gasteiger charge is -2.33. The summed E-state index contributed by atoms with van der Waals surface area (Å²) < 4.78 is 0. The van der Waals surface area contributed by atoms with Crippen LogP contribution in [0.2, 0.25) is 0 Å². The van der Waals surface area contributed by atoms with Gasteiger partial charge in [0.2, 0.25) is 0 Å². The number of benzene rings is 1. The van der Waals surface area contributed by atoms with Gasteiger partial charge in [-0.15, -0.1) is 0 Å². The Bertz CT molecular complexity index is 1150. The molecule has 0 unspecified atom stereocenters. The second-order valence-corrected chi connectivity index (χ2v) is 10.4. The van der Waals surface area contributed by atoms with Gasteiger partial charge in [-0.25, -0.2) is 4.98 Å². The van der Waals surface area contributed by atoms with Crippen molar-refractivity contribution in [3.8, 4) is 11.1 Å². The largest absolute Gasteiger partial charge is 0.357 e. The lowest BCUT2D eigenvalue weighted by molar-refractivity contribution is 0.0908. The fourth-order valence-electron chi connectivity index (χ4n) is 5.41. The number of likely N-dealkylation sites (tertiary alicyclic amines) is 1. The van der Waals surface area contributed by atoms with Crippen molar-refractivity contribution < 1.29 is 4.79 Å². The minimum atomic E-state index is 0.0172. The highest BCUT2D eigenvalue weighted by atomic mass is 16.1. The van der Waals surface area contributed by atoms with Gasteiger partial charge in [0.05, 0.1) is 0 Å². The van der Waals surface area contributed by atoms with Crippen molar-refractivity contribution in [2.45, 2.75) is 52.1 Å². The molecule has 2 aliphatic heterocycles. The van der Waals surface area contributed by atoms with Crippen LogP contribution in [0.1, 0.15) is 54.1 Å². The van der Waals surface area contributed by atoms with Crippen LogP contribution in [-0.2, 0) is 6.54 Å². The third-order valence-electron chi connectivity index (χ3n) is 7.80. The fourth-order valence-corrected chi connectivity index (χ4v) is 5.41. The van der Waals surface area contributed by atoms with Gasteiger partial charge in [0.15, 0.2) is 0 Å². The van der Waals surface area contributed by atoms with Gasteiger partial charge in [0.1, 0.15) is 5.82 Å². The van der Waals surface area contributed by atoms with E-state index in [4.69, 9.17) is 4.98 Å². The molecule has 6 nitrogen and oxygen atoms in total. The topological polar surface area (TPSA) is 61.4 Å². The van der Waals surface area contributed by atoms with Crippen LogP contribution in [0.5, 0.6) is 0 Å². The molecular formula is C30H37N5O. The zero-order chi connectivity index (χ0) is 24.9. The number of carbonyl (C=O) groups excluding carboxylic acids is 1. The first-order valence-electron chi connectivity index (χ1n) is 13.3. The number of hydrogen-bond donors (Lipinski definition) is 1. The van der Waals surface area contributed by atoms with E-state index in [0.29, 0.717) is 0 Å². The van der Waals surface area contributed by atoms with Crippen molar-refractivity contribution in [2.24, 2.45) is 5.92 Å². The van der Waals surface area contributed by atoms with Gasteiger partial charge in [-0.3, -0.25) is 14.7 Å². The van der Waals surface area contributed by atoms with Gasteiger partial charge >= 0.3 is 0 Å².